The fourth-order valence-electron chi connectivity index (χ4n) is 4.75. The van der Waals surface area contributed by atoms with E-state index in [-0.39, 0.29) is 24.5 Å². The average Bonchev–Trinajstić information content (AvgIpc) is 3.21. The summed E-state index contributed by atoms with van der Waals surface area (Å²) in [5.74, 6) is -1.07. The molecule has 27 heavy (non-hydrogen) atoms. The summed E-state index contributed by atoms with van der Waals surface area (Å²) < 4.78 is 1.26. The zero-order valence-corrected chi connectivity index (χ0v) is 14.8. The van der Waals surface area contributed by atoms with Crippen LogP contribution >= 0.6 is 0 Å². The molecule has 0 saturated carbocycles. The Bertz CT molecular complexity index is 926. The Morgan fingerprint density at radius 2 is 1.96 bits per heavy atom. The number of aromatic nitrogens is 2. The summed E-state index contributed by atoms with van der Waals surface area (Å²) in [5, 5.41) is 10.1. The van der Waals surface area contributed by atoms with E-state index in [0.29, 0.717) is 19.3 Å². The van der Waals surface area contributed by atoms with Crippen LogP contribution in [0, 0.1) is 5.41 Å². The summed E-state index contributed by atoms with van der Waals surface area (Å²) in [6.07, 6.45) is 5.26. The van der Waals surface area contributed by atoms with Crippen LogP contribution in [0.3, 0.4) is 0 Å². The minimum Gasteiger partial charge on any atom is -0.481 e. The van der Waals surface area contributed by atoms with E-state index in [1.165, 1.54) is 17.0 Å². The number of carbonyl (C=O) groups is 2. The number of hydrogen-bond acceptors (Lipinski definition) is 4. The number of rotatable bonds is 5. The highest BCUT2D eigenvalue weighted by Crippen LogP contribution is 2.51. The molecule has 0 aliphatic carbocycles. The molecule has 7 nitrogen and oxygen atoms in total. The van der Waals surface area contributed by atoms with Crippen LogP contribution in [-0.2, 0) is 22.6 Å². The highest BCUT2D eigenvalue weighted by molar-refractivity contribution is 5.83. The van der Waals surface area contributed by atoms with Crippen molar-refractivity contribution < 1.29 is 14.7 Å². The van der Waals surface area contributed by atoms with E-state index in [1.807, 2.05) is 30.3 Å². The minimum atomic E-state index is -0.972. The predicted octanol–water partition coefficient (Wildman–Crippen LogP) is 1.32. The molecule has 7 heteroatoms. The molecule has 3 heterocycles. The second-order valence-corrected chi connectivity index (χ2v) is 7.41. The Morgan fingerprint density at radius 3 is 2.67 bits per heavy atom. The number of carboxylic acids is 1. The van der Waals surface area contributed by atoms with Gasteiger partial charge in [-0.1, -0.05) is 30.3 Å². The van der Waals surface area contributed by atoms with E-state index in [1.54, 1.807) is 11.0 Å². The molecule has 2 fully saturated rings. The van der Waals surface area contributed by atoms with Crippen LogP contribution in [0.25, 0.3) is 0 Å². The van der Waals surface area contributed by atoms with Gasteiger partial charge < -0.3 is 10.0 Å². The molecule has 2 saturated heterocycles. The van der Waals surface area contributed by atoms with Crippen LogP contribution in [0.4, 0.5) is 0 Å². The Balaban J connectivity index is 1.61. The second kappa shape index (κ2) is 6.64. The summed E-state index contributed by atoms with van der Waals surface area (Å²) in [7, 11) is 0. The summed E-state index contributed by atoms with van der Waals surface area (Å²) in [6.45, 7) is -0.110. The van der Waals surface area contributed by atoms with Gasteiger partial charge in [0.2, 0.25) is 5.91 Å². The van der Waals surface area contributed by atoms with Crippen LogP contribution in [0.5, 0.6) is 0 Å². The standard InChI is InChI=1S/C20H21N3O4/c24-17(13-22-10-4-9-21-19(22)27)23-15-7-8-16(23)20(12-15,18(25)26)11-14-5-2-1-3-6-14/h1-6,9-10,15-16H,7-8,11-13H2,(H,25,26)/t15-,16+,20+/m0/s1. The van der Waals surface area contributed by atoms with E-state index >= 15 is 0 Å². The fourth-order valence-corrected chi connectivity index (χ4v) is 4.75. The van der Waals surface area contributed by atoms with Crippen LogP contribution in [-0.4, -0.2) is 43.5 Å². The van der Waals surface area contributed by atoms with Crippen molar-refractivity contribution in [2.75, 3.05) is 0 Å². The van der Waals surface area contributed by atoms with Gasteiger partial charge in [-0.3, -0.25) is 14.2 Å². The lowest BCUT2D eigenvalue weighted by molar-refractivity contribution is -0.151. The molecule has 1 aromatic heterocycles. The first-order valence-corrected chi connectivity index (χ1v) is 9.11. The lowest BCUT2D eigenvalue weighted by Crippen LogP contribution is -2.47. The number of carboxylic acid groups (broad SMARTS) is 1. The van der Waals surface area contributed by atoms with Gasteiger partial charge in [0, 0.05) is 24.5 Å². The van der Waals surface area contributed by atoms with E-state index in [2.05, 4.69) is 4.98 Å². The molecular weight excluding hydrogens is 346 g/mol. The van der Waals surface area contributed by atoms with Crippen LogP contribution < -0.4 is 5.69 Å². The quantitative estimate of drug-likeness (QED) is 0.860. The minimum absolute atomic E-state index is 0.0883. The van der Waals surface area contributed by atoms with Gasteiger partial charge in [-0.2, -0.15) is 0 Å². The van der Waals surface area contributed by atoms with E-state index < -0.39 is 17.1 Å². The van der Waals surface area contributed by atoms with Crippen molar-refractivity contribution in [2.24, 2.45) is 5.41 Å². The van der Waals surface area contributed by atoms with Crippen molar-refractivity contribution in [1.29, 1.82) is 0 Å². The first-order chi connectivity index (χ1) is 13.0. The van der Waals surface area contributed by atoms with Crippen LogP contribution in [0.15, 0.2) is 53.6 Å². The van der Waals surface area contributed by atoms with Gasteiger partial charge in [-0.25, -0.2) is 9.78 Å². The largest absolute Gasteiger partial charge is 0.481 e. The lowest BCUT2D eigenvalue weighted by Gasteiger charge is -2.33. The van der Waals surface area contributed by atoms with Crippen LogP contribution in [0.1, 0.15) is 24.8 Å². The van der Waals surface area contributed by atoms with Gasteiger partial charge in [-0.05, 0) is 37.3 Å². The summed E-state index contributed by atoms with van der Waals surface area (Å²) in [4.78, 5) is 42.4. The predicted molar refractivity (Wildman–Crippen MR) is 97.0 cm³/mol. The maximum Gasteiger partial charge on any atom is 0.347 e. The van der Waals surface area contributed by atoms with Crippen LogP contribution in [0.2, 0.25) is 0 Å². The van der Waals surface area contributed by atoms with E-state index in [9.17, 15) is 19.5 Å². The third-order valence-electron chi connectivity index (χ3n) is 5.90. The zero-order chi connectivity index (χ0) is 19.0. The van der Waals surface area contributed by atoms with Gasteiger partial charge >= 0.3 is 11.7 Å². The molecule has 0 radical (unpaired) electrons. The summed E-state index contributed by atoms with van der Waals surface area (Å²) in [6, 6.07) is 10.7. The molecule has 2 bridgehead atoms. The zero-order valence-electron chi connectivity index (χ0n) is 14.8. The molecule has 1 aromatic carbocycles. The van der Waals surface area contributed by atoms with Gasteiger partial charge in [0.05, 0.1) is 5.41 Å². The molecular formula is C20H21N3O4. The second-order valence-electron chi connectivity index (χ2n) is 7.41. The number of hydrogen-bond donors (Lipinski definition) is 1. The SMILES string of the molecule is O=C(Cn1cccnc1=O)N1[C@H]2CC[C@@H]1[C@](Cc1ccccc1)(C(=O)O)C2. The molecule has 140 valence electrons. The topological polar surface area (TPSA) is 92.5 Å². The Kier molecular flexibility index (Phi) is 4.30. The Labute approximate surface area is 156 Å². The first-order valence-electron chi connectivity index (χ1n) is 9.11. The third kappa shape index (κ3) is 2.93. The highest BCUT2D eigenvalue weighted by Gasteiger charge is 2.61. The van der Waals surface area contributed by atoms with Crippen molar-refractivity contribution in [3.8, 4) is 0 Å². The van der Waals surface area contributed by atoms with Crippen molar-refractivity contribution >= 4 is 11.9 Å². The summed E-state index contributed by atoms with van der Waals surface area (Å²) in [5.41, 5.74) is -0.491. The molecule has 0 unspecified atom stereocenters. The number of fused-ring (bicyclic) bond motifs is 2. The third-order valence-corrected chi connectivity index (χ3v) is 5.90. The number of nitrogens with zero attached hydrogens (tertiary/aromatic N) is 3. The summed E-state index contributed by atoms with van der Waals surface area (Å²) >= 11 is 0. The molecule has 0 spiro atoms. The highest BCUT2D eigenvalue weighted by atomic mass is 16.4. The Hall–Kier alpha value is -2.96. The molecule has 3 atom stereocenters. The van der Waals surface area contributed by atoms with E-state index in [0.717, 1.165) is 12.0 Å². The first kappa shape index (κ1) is 17.5. The Morgan fingerprint density at radius 1 is 1.19 bits per heavy atom. The number of aliphatic carboxylic acids is 1. The van der Waals surface area contributed by atoms with Crippen molar-refractivity contribution in [1.82, 2.24) is 14.5 Å². The maximum absolute atomic E-state index is 12.9. The molecule has 2 aliphatic heterocycles. The smallest absolute Gasteiger partial charge is 0.347 e. The molecule has 2 aliphatic rings. The van der Waals surface area contributed by atoms with Gasteiger partial charge in [0.25, 0.3) is 0 Å². The van der Waals surface area contributed by atoms with Crippen molar-refractivity contribution in [3.05, 3.63) is 64.8 Å². The fraction of sp³-hybridized carbons (Fsp3) is 0.400. The molecule has 1 amide bonds. The maximum atomic E-state index is 12.9. The number of carbonyl (C=O) groups excluding carboxylic acids is 1. The van der Waals surface area contributed by atoms with Gasteiger partial charge in [-0.15, -0.1) is 0 Å². The van der Waals surface area contributed by atoms with Crippen molar-refractivity contribution in [3.63, 3.8) is 0 Å². The van der Waals surface area contributed by atoms with Gasteiger partial charge in [0.1, 0.15) is 6.54 Å². The molecule has 2 aromatic rings. The monoisotopic (exact) mass is 367 g/mol. The number of amides is 1. The normalized spacial score (nSPS) is 26.3. The number of benzene rings is 1. The van der Waals surface area contributed by atoms with Crippen molar-refractivity contribution in [2.45, 2.75) is 44.3 Å². The molecule has 1 N–H and O–H groups in total. The van der Waals surface area contributed by atoms with Gasteiger partial charge in [0.15, 0.2) is 0 Å². The molecule has 4 rings (SSSR count). The lowest BCUT2D eigenvalue weighted by atomic mass is 9.70. The average molecular weight is 367 g/mol. The van der Waals surface area contributed by atoms with E-state index in [4.69, 9.17) is 0 Å².